The Morgan fingerprint density at radius 2 is 1.96 bits per heavy atom. The number of alkyl halides is 1. The van der Waals surface area contributed by atoms with Crippen LogP contribution in [0, 0.1) is 22.7 Å². The van der Waals surface area contributed by atoms with Crippen LogP contribution in [0.3, 0.4) is 0 Å². The van der Waals surface area contributed by atoms with E-state index < -0.39 is 10.8 Å². The van der Waals surface area contributed by atoms with E-state index in [0.29, 0.717) is 12.3 Å². The van der Waals surface area contributed by atoms with E-state index in [-0.39, 0.29) is 29.1 Å². The van der Waals surface area contributed by atoms with E-state index >= 15 is 0 Å². The lowest BCUT2D eigenvalue weighted by atomic mass is 9.46. The second kappa shape index (κ2) is 5.34. The Balaban J connectivity index is 2.03. The van der Waals surface area contributed by atoms with Crippen LogP contribution in [0.5, 0.6) is 0 Å². The van der Waals surface area contributed by atoms with Gasteiger partial charge >= 0.3 is 5.97 Å². The molecule has 0 heterocycles. The molecule has 2 unspecified atom stereocenters. The second-order valence-electron chi connectivity index (χ2n) is 8.06. The Hall–Kier alpha value is -0.830. The molecule has 0 saturated heterocycles. The van der Waals surface area contributed by atoms with Gasteiger partial charge in [-0.15, -0.1) is 0 Å². The van der Waals surface area contributed by atoms with Crippen molar-refractivity contribution in [3.05, 3.63) is 12.2 Å². The van der Waals surface area contributed by atoms with Gasteiger partial charge in [-0.25, -0.2) is 4.79 Å². The fourth-order valence-corrected chi connectivity index (χ4v) is 6.35. The van der Waals surface area contributed by atoms with Crippen LogP contribution in [0.15, 0.2) is 12.2 Å². The fourth-order valence-electron chi connectivity index (χ4n) is 5.85. The Morgan fingerprint density at radius 1 is 1.26 bits per heavy atom. The second-order valence-corrected chi connectivity index (χ2v) is 8.66. The van der Waals surface area contributed by atoms with Crippen LogP contribution in [0.4, 0.5) is 0 Å². The van der Waals surface area contributed by atoms with Gasteiger partial charge in [0.25, 0.3) is 0 Å². The van der Waals surface area contributed by atoms with Crippen LogP contribution < -0.4 is 0 Å². The number of carbonyl (C=O) groups excluding carboxylic acids is 2. The smallest absolute Gasteiger partial charge is 0.335 e. The molecule has 3 fully saturated rings. The molecule has 0 aromatic carbocycles. The monoisotopic (exact) mass is 338 g/mol. The van der Waals surface area contributed by atoms with E-state index in [1.54, 1.807) is 6.92 Å². The number of ether oxygens (including phenoxy) is 1. The number of carbonyl (C=O) groups is 2. The first kappa shape index (κ1) is 17.0. The van der Waals surface area contributed by atoms with Crippen molar-refractivity contribution in [3.63, 3.8) is 0 Å². The predicted molar refractivity (Wildman–Crippen MR) is 90.3 cm³/mol. The number of rotatable bonds is 2. The molecule has 128 valence electrons. The maximum absolute atomic E-state index is 12.6. The molecule has 3 aliphatic rings. The summed E-state index contributed by atoms with van der Waals surface area (Å²) >= 11 is 6.74. The minimum absolute atomic E-state index is 0.102. The normalized spacial score (nSPS) is 46.3. The van der Waals surface area contributed by atoms with E-state index in [1.165, 1.54) is 5.57 Å². The van der Waals surface area contributed by atoms with Gasteiger partial charge in [0.15, 0.2) is 5.78 Å². The lowest BCUT2D eigenvalue weighted by Gasteiger charge is -2.59. The van der Waals surface area contributed by atoms with E-state index in [9.17, 15) is 9.59 Å². The number of Topliss-reactive ketones (excluding diaryl/α,β-unsaturated/α-hetero) is 1. The summed E-state index contributed by atoms with van der Waals surface area (Å²) in [6.45, 7) is 10.9. The number of esters is 1. The fraction of sp³-hybridized carbons (Fsp3) is 0.789. The van der Waals surface area contributed by atoms with E-state index in [0.717, 1.165) is 32.1 Å². The summed E-state index contributed by atoms with van der Waals surface area (Å²) in [7, 11) is 0. The molecule has 0 spiro atoms. The van der Waals surface area contributed by atoms with Gasteiger partial charge in [-0.3, -0.25) is 4.79 Å². The minimum Gasteiger partial charge on any atom is -0.464 e. The molecule has 5 atom stereocenters. The van der Waals surface area contributed by atoms with Gasteiger partial charge < -0.3 is 4.74 Å². The average Bonchev–Trinajstić information content (AvgIpc) is 2.81. The third-order valence-corrected chi connectivity index (χ3v) is 7.83. The van der Waals surface area contributed by atoms with Crippen molar-refractivity contribution in [2.45, 2.75) is 64.2 Å². The molecule has 3 rings (SSSR count). The van der Waals surface area contributed by atoms with Gasteiger partial charge in [0.1, 0.15) is 0 Å². The highest BCUT2D eigenvalue weighted by molar-refractivity contribution is 6.46. The molecular formula is C19H27ClO3. The van der Waals surface area contributed by atoms with E-state index in [1.807, 2.05) is 0 Å². The molecule has 0 N–H and O–H groups in total. The number of halogens is 1. The molecule has 3 aliphatic carbocycles. The highest BCUT2D eigenvalue weighted by atomic mass is 35.5. The molecule has 23 heavy (non-hydrogen) atoms. The Kier molecular flexibility index (Phi) is 3.95. The molecule has 4 heteroatoms. The van der Waals surface area contributed by atoms with Crippen molar-refractivity contribution in [2.75, 3.05) is 6.61 Å². The van der Waals surface area contributed by atoms with Crippen LogP contribution in [-0.4, -0.2) is 23.2 Å². The van der Waals surface area contributed by atoms with Crippen molar-refractivity contribution < 1.29 is 14.3 Å². The topological polar surface area (TPSA) is 43.4 Å². The quantitative estimate of drug-likeness (QED) is 0.327. The first-order chi connectivity index (χ1) is 10.7. The zero-order chi connectivity index (χ0) is 17.0. The number of ketones is 1. The minimum atomic E-state index is -1.49. The first-order valence-corrected chi connectivity index (χ1v) is 9.16. The number of allylic oxidation sites excluding steroid dienone is 1. The average molecular weight is 339 g/mol. The van der Waals surface area contributed by atoms with Gasteiger partial charge in [-0.05, 0) is 55.8 Å². The van der Waals surface area contributed by atoms with Crippen LogP contribution in [0.1, 0.15) is 59.3 Å². The summed E-state index contributed by atoms with van der Waals surface area (Å²) in [4.78, 5) is 23.7. The zero-order valence-electron chi connectivity index (χ0n) is 14.4. The standard InChI is InChI=1S/C19H27ClO3/c1-5-23-16(22)19(20)14-8-10-17(3)12(2)6-7-13(17)18(14,4)11-9-15(19)21/h13-14H,2,5-11H2,1,3-4H3/t13?,14?,17-,18+,19-/m1/s1. The molecule has 0 aromatic heterocycles. The molecule has 0 aliphatic heterocycles. The van der Waals surface area contributed by atoms with Crippen LogP contribution in [-0.2, 0) is 14.3 Å². The van der Waals surface area contributed by atoms with Gasteiger partial charge in [0.05, 0.1) is 6.61 Å². The molecule has 3 saturated carbocycles. The summed E-state index contributed by atoms with van der Waals surface area (Å²) in [6, 6.07) is 0. The summed E-state index contributed by atoms with van der Waals surface area (Å²) in [5.41, 5.74) is 1.35. The van der Waals surface area contributed by atoms with Crippen LogP contribution >= 0.6 is 11.6 Å². The van der Waals surface area contributed by atoms with Gasteiger partial charge in [0, 0.05) is 12.3 Å². The summed E-state index contributed by atoms with van der Waals surface area (Å²) < 4.78 is 5.20. The Bertz CT molecular complexity index is 571. The Morgan fingerprint density at radius 3 is 2.61 bits per heavy atom. The molecule has 0 radical (unpaired) electrons. The van der Waals surface area contributed by atoms with Gasteiger partial charge in [-0.1, -0.05) is 37.6 Å². The molecular weight excluding hydrogens is 312 g/mol. The summed E-state index contributed by atoms with van der Waals surface area (Å²) in [5, 5.41) is 0. The van der Waals surface area contributed by atoms with Crippen LogP contribution in [0.25, 0.3) is 0 Å². The first-order valence-electron chi connectivity index (χ1n) is 8.79. The summed E-state index contributed by atoms with van der Waals surface area (Å²) in [6.07, 6.45) is 5.07. The third-order valence-electron chi connectivity index (χ3n) is 7.21. The highest BCUT2D eigenvalue weighted by Gasteiger charge is 2.67. The zero-order valence-corrected chi connectivity index (χ0v) is 15.2. The van der Waals surface area contributed by atoms with Crippen molar-refractivity contribution in [1.82, 2.24) is 0 Å². The van der Waals surface area contributed by atoms with Crippen molar-refractivity contribution in [2.24, 2.45) is 22.7 Å². The van der Waals surface area contributed by atoms with E-state index in [2.05, 4.69) is 20.4 Å². The third kappa shape index (κ3) is 2.08. The molecule has 3 nitrogen and oxygen atoms in total. The van der Waals surface area contributed by atoms with E-state index in [4.69, 9.17) is 16.3 Å². The summed E-state index contributed by atoms with van der Waals surface area (Å²) in [5.74, 6) is -0.383. The SMILES string of the molecule is C=C1CCC2[C@]3(C)CCC(=O)[C@@](Cl)(C(=O)OCC)C3CC[C@]12C. The van der Waals surface area contributed by atoms with Gasteiger partial charge in [0.2, 0.25) is 4.87 Å². The van der Waals surface area contributed by atoms with Crippen LogP contribution in [0.2, 0.25) is 0 Å². The number of fused-ring (bicyclic) bond motifs is 3. The molecule has 0 amide bonds. The lowest BCUT2D eigenvalue weighted by molar-refractivity contribution is -0.163. The lowest BCUT2D eigenvalue weighted by Crippen LogP contribution is -2.62. The number of hydrogen-bond donors (Lipinski definition) is 0. The molecule has 0 aromatic rings. The maximum atomic E-state index is 12.6. The van der Waals surface area contributed by atoms with Crippen molar-refractivity contribution in [3.8, 4) is 0 Å². The molecule has 0 bridgehead atoms. The van der Waals surface area contributed by atoms with Crippen molar-refractivity contribution >= 4 is 23.4 Å². The maximum Gasteiger partial charge on any atom is 0.335 e. The predicted octanol–water partition coefficient (Wildman–Crippen LogP) is 4.28. The number of hydrogen-bond acceptors (Lipinski definition) is 3. The largest absolute Gasteiger partial charge is 0.464 e. The highest BCUT2D eigenvalue weighted by Crippen LogP contribution is 2.68. The van der Waals surface area contributed by atoms with Crippen molar-refractivity contribution in [1.29, 1.82) is 0 Å². The van der Waals surface area contributed by atoms with Gasteiger partial charge in [-0.2, -0.15) is 0 Å². The Labute approximate surface area is 143 Å².